The van der Waals surface area contributed by atoms with E-state index in [1.807, 2.05) is 49.0 Å². The number of nitrogens with one attached hydrogen (secondary N) is 1. The Balaban J connectivity index is 1.53. The number of carbonyl (C=O) groups excluding carboxylic acids is 1. The van der Waals surface area contributed by atoms with Crippen molar-refractivity contribution in [3.8, 4) is 0 Å². The number of aromatic nitrogens is 1. The third-order valence-electron chi connectivity index (χ3n) is 4.68. The quantitative estimate of drug-likeness (QED) is 0.621. The van der Waals surface area contributed by atoms with Crippen LogP contribution in [0.15, 0.2) is 60.6 Å². The molecular weight excluding hydrogens is 316 g/mol. The van der Waals surface area contributed by atoms with E-state index in [0.717, 1.165) is 12.0 Å². The maximum Gasteiger partial charge on any atom is 0.315 e. The van der Waals surface area contributed by atoms with E-state index in [2.05, 4.69) is 23.7 Å². The number of rotatable bonds is 7. The lowest BCUT2D eigenvalue weighted by Gasteiger charge is -2.06. The van der Waals surface area contributed by atoms with Crippen LogP contribution in [0.4, 0.5) is 0 Å². The first-order valence-electron chi connectivity index (χ1n) is 8.36. The molecule has 1 atom stereocenters. The van der Waals surface area contributed by atoms with E-state index in [9.17, 15) is 4.79 Å². The van der Waals surface area contributed by atoms with Crippen LogP contribution in [-0.4, -0.2) is 17.6 Å². The van der Waals surface area contributed by atoms with Crippen LogP contribution >= 0.6 is 0 Å². The second-order valence-corrected chi connectivity index (χ2v) is 6.87. The Bertz CT molecular complexity index is 762. The van der Waals surface area contributed by atoms with Crippen molar-refractivity contribution in [2.24, 2.45) is 11.3 Å². The molecule has 0 saturated heterocycles. The number of hydrogen-bond acceptors (Lipinski definition) is 4. The van der Waals surface area contributed by atoms with Gasteiger partial charge in [0.1, 0.15) is 0 Å². The molecule has 0 radical (unpaired) electrons. The molecule has 132 valence electrons. The van der Waals surface area contributed by atoms with E-state index in [0.29, 0.717) is 0 Å². The van der Waals surface area contributed by atoms with Gasteiger partial charge in [-0.15, -0.1) is 0 Å². The van der Waals surface area contributed by atoms with Crippen molar-refractivity contribution in [2.75, 3.05) is 7.11 Å². The van der Waals surface area contributed by atoms with Gasteiger partial charge >= 0.3 is 5.97 Å². The Morgan fingerprint density at radius 3 is 2.72 bits per heavy atom. The lowest BCUT2D eigenvalue weighted by atomic mass is 10.1. The topological polar surface area (TPSA) is 52.5 Å². The summed E-state index contributed by atoms with van der Waals surface area (Å²) in [6.45, 7) is 4.27. The molecule has 1 fully saturated rings. The Hall–Kier alpha value is -2.53. The molecule has 1 heterocycles. The Labute approximate surface area is 148 Å². The number of benzene rings is 1. The average molecular weight is 340 g/mol. The minimum Gasteiger partial charge on any atom is -0.443 e. The number of esters is 1. The van der Waals surface area contributed by atoms with E-state index in [-0.39, 0.29) is 24.0 Å². The number of hydroxylamine groups is 1. The van der Waals surface area contributed by atoms with E-state index >= 15 is 0 Å². The van der Waals surface area contributed by atoms with Crippen LogP contribution in [0.1, 0.15) is 25.0 Å². The largest absolute Gasteiger partial charge is 0.443 e. The molecule has 25 heavy (non-hydrogen) atoms. The summed E-state index contributed by atoms with van der Waals surface area (Å²) in [5.74, 6) is -0.415. The van der Waals surface area contributed by atoms with Crippen LogP contribution in [0, 0.1) is 11.3 Å². The van der Waals surface area contributed by atoms with Crippen LogP contribution in [0.3, 0.4) is 0 Å². The van der Waals surface area contributed by atoms with Gasteiger partial charge in [-0.1, -0.05) is 44.2 Å². The lowest BCUT2D eigenvalue weighted by Crippen LogP contribution is -2.13. The van der Waals surface area contributed by atoms with E-state index in [1.165, 1.54) is 11.1 Å². The van der Waals surface area contributed by atoms with Crippen LogP contribution in [-0.2, 0) is 27.5 Å². The predicted octanol–water partition coefficient (Wildman–Crippen LogP) is 3.27. The van der Waals surface area contributed by atoms with E-state index in [4.69, 9.17) is 9.57 Å². The fourth-order valence-electron chi connectivity index (χ4n) is 3.12. The zero-order valence-corrected chi connectivity index (χ0v) is 14.9. The minimum absolute atomic E-state index is 0.183. The number of hydrogen-bond donors (Lipinski definition) is 1. The standard InChI is InChI=1S/C20H24N2O3/c1-20(2)17(12-21-24-3)18(20)19(23)25-14-22-10-9-16(13-22)11-15-7-5-4-6-8-15/h4-10,12-13,18,21H,11,14H2,1-3H3. The molecule has 1 aromatic heterocycles. The van der Waals surface area contributed by atoms with Crippen LogP contribution in [0.2, 0.25) is 0 Å². The summed E-state index contributed by atoms with van der Waals surface area (Å²) >= 11 is 0. The monoisotopic (exact) mass is 340 g/mol. The molecule has 5 nitrogen and oxygen atoms in total. The highest BCUT2D eigenvalue weighted by Gasteiger charge is 2.58. The third-order valence-corrected chi connectivity index (χ3v) is 4.68. The highest BCUT2D eigenvalue weighted by atomic mass is 16.6. The van der Waals surface area contributed by atoms with E-state index < -0.39 is 0 Å². The highest BCUT2D eigenvalue weighted by molar-refractivity contribution is 5.83. The fraction of sp³-hybridized carbons (Fsp3) is 0.350. The Morgan fingerprint density at radius 1 is 1.24 bits per heavy atom. The van der Waals surface area contributed by atoms with Crippen molar-refractivity contribution < 1.29 is 14.4 Å². The lowest BCUT2D eigenvalue weighted by molar-refractivity contribution is -0.149. The van der Waals surface area contributed by atoms with Crippen molar-refractivity contribution in [2.45, 2.75) is 27.0 Å². The molecule has 1 N–H and O–H groups in total. The predicted molar refractivity (Wildman–Crippen MR) is 95.3 cm³/mol. The fourth-order valence-corrected chi connectivity index (χ4v) is 3.12. The summed E-state index contributed by atoms with van der Waals surface area (Å²) in [5, 5.41) is 0. The summed E-state index contributed by atoms with van der Waals surface area (Å²) in [5.41, 5.74) is 5.94. The second kappa shape index (κ2) is 7.15. The first-order chi connectivity index (χ1) is 12.0. The van der Waals surface area contributed by atoms with Crippen molar-refractivity contribution in [3.63, 3.8) is 0 Å². The zero-order valence-electron chi connectivity index (χ0n) is 14.9. The second-order valence-electron chi connectivity index (χ2n) is 6.87. The molecule has 5 heteroatoms. The molecule has 2 aromatic rings. The van der Waals surface area contributed by atoms with Gasteiger partial charge in [0.2, 0.25) is 0 Å². The number of ether oxygens (including phenoxy) is 1. The van der Waals surface area contributed by atoms with Gasteiger partial charge in [-0.2, -0.15) is 0 Å². The highest BCUT2D eigenvalue weighted by Crippen LogP contribution is 2.57. The summed E-state index contributed by atoms with van der Waals surface area (Å²) in [7, 11) is 1.54. The zero-order chi connectivity index (χ0) is 17.9. The molecule has 1 aliphatic rings. The van der Waals surface area contributed by atoms with Gasteiger partial charge in [-0.05, 0) is 29.2 Å². The molecule has 1 unspecified atom stereocenters. The van der Waals surface area contributed by atoms with Crippen molar-refractivity contribution >= 4 is 5.97 Å². The van der Waals surface area contributed by atoms with Gasteiger partial charge < -0.3 is 9.30 Å². The van der Waals surface area contributed by atoms with Crippen LogP contribution < -0.4 is 5.48 Å². The maximum atomic E-state index is 12.3. The summed E-state index contributed by atoms with van der Waals surface area (Å²) < 4.78 is 7.37. The first kappa shape index (κ1) is 17.3. The molecule has 1 aliphatic carbocycles. The smallest absolute Gasteiger partial charge is 0.315 e. The molecule has 3 rings (SSSR count). The van der Waals surface area contributed by atoms with Crippen molar-refractivity contribution in [3.05, 3.63) is 71.7 Å². The molecule has 0 bridgehead atoms. The number of nitrogens with zero attached hydrogens (tertiary/aromatic N) is 1. The molecular formula is C20H24N2O3. The summed E-state index contributed by atoms with van der Waals surface area (Å²) in [6, 6.07) is 12.3. The van der Waals surface area contributed by atoms with Gasteiger partial charge in [0, 0.05) is 24.0 Å². The molecule has 0 amide bonds. The minimum atomic E-state index is -0.213. The van der Waals surface area contributed by atoms with Crippen LogP contribution in [0.25, 0.3) is 0 Å². The molecule has 1 aromatic carbocycles. The SMILES string of the molecule is CONC=C1C(C(=O)OCn2ccc(Cc3ccccc3)c2)C1(C)C. The molecule has 0 aliphatic heterocycles. The summed E-state index contributed by atoms with van der Waals surface area (Å²) in [6.07, 6.45) is 6.56. The van der Waals surface area contributed by atoms with Crippen molar-refractivity contribution in [1.82, 2.24) is 10.0 Å². The molecule has 1 saturated carbocycles. The summed E-state index contributed by atoms with van der Waals surface area (Å²) in [4.78, 5) is 17.1. The maximum absolute atomic E-state index is 12.3. The Morgan fingerprint density at radius 2 is 2.00 bits per heavy atom. The van der Waals surface area contributed by atoms with Gasteiger partial charge in [0.15, 0.2) is 6.73 Å². The van der Waals surface area contributed by atoms with Gasteiger partial charge in [0.05, 0.1) is 13.0 Å². The average Bonchev–Trinajstić information content (AvgIpc) is 2.92. The number of carbonyl (C=O) groups is 1. The van der Waals surface area contributed by atoms with Gasteiger partial charge in [0.25, 0.3) is 0 Å². The normalized spacial score (nSPS) is 19.6. The Kier molecular flexibility index (Phi) is 4.95. The first-order valence-corrected chi connectivity index (χ1v) is 8.36. The van der Waals surface area contributed by atoms with E-state index in [1.54, 1.807) is 13.3 Å². The van der Waals surface area contributed by atoms with Gasteiger partial charge in [-0.3, -0.25) is 15.1 Å². The van der Waals surface area contributed by atoms with Crippen molar-refractivity contribution in [1.29, 1.82) is 0 Å². The third kappa shape index (κ3) is 3.94. The molecule has 0 spiro atoms. The van der Waals surface area contributed by atoms with Gasteiger partial charge in [-0.25, -0.2) is 0 Å². The van der Waals surface area contributed by atoms with Crippen LogP contribution in [0.5, 0.6) is 0 Å².